The van der Waals surface area contributed by atoms with Gasteiger partial charge in [0.05, 0.1) is 34.2 Å². The molecule has 40 heavy (non-hydrogen) atoms. The van der Waals surface area contributed by atoms with Crippen LogP contribution in [0.2, 0.25) is 0 Å². The van der Waals surface area contributed by atoms with Crippen molar-refractivity contribution in [1.82, 2.24) is 4.98 Å². The standard InChI is InChI=1S/C37H51N3/c1-7-9-11-13-15-24-34(39-36-28(3)20-17-21-29(36)4)32-26-19-27-33(38-32)35(25-16-14-12-10-8-2)40-37-30(5)22-18-23-31(37)6/h17-23,26-27H,7-16,24-25H2,1-6H3. The van der Waals surface area contributed by atoms with E-state index in [0.29, 0.717) is 0 Å². The van der Waals surface area contributed by atoms with Crippen molar-refractivity contribution >= 4 is 22.8 Å². The van der Waals surface area contributed by atoms with Crippen LogP contribution in [0.1, 0.15) is 125 Å². The predicted octanol–water partition coefficient (Wildman–Crippen LogP) is 11.3. The van der Waals surface area contributed by atoms with Gasteiger partial charge in [-0.25, -0.2) is 4.98 Å². The lowest BCUT2D eigenvalue weighted by Gasteiger charge is -2.13. The Kier molecular flexibility index (Phi) is 13.3. The highest BCUT2D eigenvalue weighted by Gasteiger charge is 2.13. The summed E-state index contributed by atoms with van der Waals surface area (Å²) in [6, 6.07) is 19.3. The fourth-order valence-electron chi connectivity index (χ4n) is 5.26. The second-order valence-electron chi connectivity index (χ2n) is 11.3. The van der Waals surface area contributed by atoms with Crippen LogP contribution in [0.4, 0.5) is 11.4 Å². The number of benzene rings is 2. The number of rotatable bonds is 16. The number of nitrogens with zero attached hydrogens (tertiary/aromatic N) is 3. The van der Waals surface area contributed by atoms with Crippen LogP contribution in [0.5, 0.6) is 0 Å². The fraction of sp³-hybridized carbons (Fsp3) is 0.486. The van der Waals surface area contributed by atoms with E-state index in [4.69, 9.17) is 15.0 Å². The first kappa shape index (κ1) is 31.5. The van der Waals surface area contributed by atoms with Crippen molar-refractivity contribution < 1.29 is 0 Å². The zero-order valence-corrected chi connectivity index (χ0v) is 26.0. The van der Waals surface area contributed by atoms with Crippen LogP contribution in [0.3, 0.4) is 0 Å². The molecule has 0 unspecified atom stereocenters. The van der Waals surface area contributed by atoms with E-state index in [1.54, 1.807) is 0 Å². The first-order chi connectivity index (χ1) is 19.4. The first-order valence-corrected chi connectivity index (χ1v) is 15.7. The third kappa shape index (κ3) is 9.54. The smallest absolute Gasteiger partial charge is 0.0852 e. The van der Waals surface area contributed by atoms with Gasteiger partial charge in [-0.15, -0.1) is 0 Å². The molecule has 0 N–H and O–H groups in total. The molecule has 0 atom stereocenters. The van der Waals surface area contributed by atoms with Crippen molar-refractivity contribution in [1.29, 1.82) is 0 Å². The molecule has 0 spiro atoms. The van der Waals surface area contributed by atoms with E-state index in [9.17, 15) is 0 Å². The van der Waals surface area contributed by atoms with E-state index in [0.717, 1.165) is 59.9 Å². The van der Waals surface area contributed by atoms with Crippen molar-refractivity contribution in [3.8, 4) is 0 Å². The van der Waals surface area contributed by atoms with E-state index >= 15 is 0 Å². The molecule has 214 valence electrons. The van der Waals surface area contributed by atoms with Crippen LogP contribution in [0, 0.1) is 27.7 Å². The van der Waals surface area contributed by atoms with Gasteiger partial charge in [-0.1, -0.05) is 108 Å². The lowest BCUT2D eigenvalue weighted by Crippen LogP contribution is -2.10. The molecule has 0 fully saturated rings. The zero-order chi connectivity index (χ0) is 28.7. The molecule has 0 aliphatic carbocycles. The summed E-state index contributed by atoms with van der Waals surface area (Å²) < 4.78 is 0. The van der Waals surface area contributed by atoms with Crippen LogP contribution >= 0.6 is 0 Å². The van der Waals surface area contributed by atoms with Gasteiger partial charge >= 0.3 is 0 Å². The molecule has 0 saturated carbocycles. The minimum atomic E-state index is 0.939. The second kappa shape index (κ2) is 16.9. The topological polar surface area (TPSA) is 37.6 Å². The maximum atomic E-state index is 5.27. The number of hydrogen-bond acceptors (Lipinski definition) is 3. The summed E-state index contributed by atoms with van der Waals surface area (Å²) in [4.78, 5) is 15.8. The Morgan fingerprint density at radius 2 is 0.850 bits per heavy atom. The SMILES string of the molecule is CCCCCCCC(=Nc1c(C)cccc1C)c1cccc(C(CCCCCCC)=Nc2c(C)cccc2C)n1. The number of unbranched alkanes of at least 4 members (excludes halogenated alkanes) is 8. The number of aryl methyl sites for hydroxylation is 4. The fourth-order valence-corrected chi connectivity index (χ4v) is 5.26. The van der Waals surface area contributed by atoms with E-state index in [-0.39, 0.29) is 0 Å². The van der Waals surface area contributed by atoms with Crippen molar-refractivity contribution in [2.75, 3.05) is 0 Å². The summed E-state index contributed by atoms with van der Waals surface area (Å²) in [7, 11) is 0. The van der Waals surface area contributed by atoms with Crippen molar-refractivity contribution in [3.05, 3.63) is 88.2 Å². The predicted molar refractivity (Wildman–Crippen MR) is 175 cm³/mol. The monoisotopic (exact) mass is 537 g/mol. The lowest BCUT2D eigenvalue weighted by molar-refractivity contribution is 0.643. The Morgan fingerprint density at radius 3 is 1.23 bits per heavy atom. The van der Waals surface area contributed by atoms with Crippen molar-refractivity contribution in [2.24, 2.45) is 9.98 Å². The number of aliphatic imine (C=N–C) groups is 2. The summed E-state index contributed by atoms with van der Waals surface area (Å²) in [5.74, 6) is 0. The highest BCUT2D eigenvalue weighted by Crippen LogP contribution is 2.27. The Morgan fingerprint density at radius 1 is 0.500 bits per heavy atom. The highest BCUT2D eigenvalue weighted by molar-refractivity contribution is 6.04. The molecule has 0 radical (unpaired) electrons. The average molecular weight is 538 g/mol. The molecule has 0 saturated heterocycles. The number of pyridine rings is 1. The molecule has 3 heteroatoms. The largest absolute Gasteiger partial charge is 0.251 e. The summed E-state index contributed by atoms with van der Waals surface area (Å²) in [5, 5.41) is 0. The Bertz CT molecular complexity index is 1130. The molecule has 1 aromatic heterocycles. The molecule has 0 aliphatic heterocycles. The van der Waals surface area contributed by atoms with Crippen LogP contribution in [0.15, 0.2) is 64.6 Å². The Balaban J connectivity index is 2.01. The average Bonchev–Trinajstić information content (AvgIpc) is 2.94. The van der Waals surface area contributed by atoms with Crippen LogP contribution in [-0.2, 0) is 0 Å². The van der Waals surface area contributed by atoms with Crippen molar-refractivity contribution in [2.45, 2.75) is 119 Å². The Hall–Kier alpha value is -3.07. The van der Waals surface area contributed by atoms with Gasteiger partial charge in [-0.05, 0) is 87.8 Å². The normalized spacial score (nSPS) is 12.2. The third-order valence-electron chi connectivity index (χ3n) is 7.75. The van der Waals surface area contributed by atoms with Gasteiger partial charge in [0.15, 0.2) is 0 Å². The first-order valence-electron chi connectivity index (χ1n) is 15.7. The lowest BCUT2D eigenvalue weighted by atomic mass is 10.0. The van der Waals surface area contributed by atoms with E-state index in [1.165, 1.54) is 73.6 Å². The summed E-state index contributed by atoms with van der Waals surface area (Å²) in [6.07, 6.45) is 14.3. The maximum Gasteiger partial charge on any atom is 0.0852 e. The summed E-state index contributed by atoms with van der Waals surface area (Å²) in [6.45, 7) is 13.2. The molecule has 3 rings (SSSR count). The van der Waals surface area contributed by atoms with E-state index in [2.05, 4.69) is 96.1 Å². The van der Waals surface area contributed by atoms with Crippen LogP contribution in [0.25, 0.3) is 0 Å². The van der Waals surface area contributed by atoms with Crippen LogP contribution < -0.4 is 0 Å². The molecule has 2 aromatic carbocycles. The third-order valence-corrected chi connectivity index (χ3v) is 7.75. The van der Waals surface area contributed by atoms with E-state index < -0.39 is 0 Å². The number of hydrogen-bond donors (Lipinski definition) is 0. The van der Waals surface area contributed by atoms with Gasteiger partial charge in [0.1, 0.15) is 0 Å². The minimum absolute atomic E-state index is 0.939. The molecular formula is C37H51N3. The second-order valence-corrected chi connectivity index (χ2v) is 11.3. The number of aromatic nitrogens is 1. The Labute approximate surface area is 244 Å². The maximum absolute atomic E-state index is 5.27. The van der Waals surface area contributed by atoms with Gasteiger partial charge in [0.2, 0.25) is 0 Å². The highest BCUT2D eigenvalue weighted by atomic mass is 14.8. The molecule has 0 aliphatic rings. The number of para-hydroxylation sites is 2. The molecular weight excluding hydrogens is 486 g/mol. The van der Waals surface area contributed by atoms with Gasteiger partial charge < -0.3 is 0 Å². The van der Waals surface area contributed by atoms with Crippen LogP contribution in [-0.4, -0.2) is 16.4 Å². The van der Waals surface area contributed by atoms with Gasteiger partial charge in [0.25, 0.3) is 0 Å². The zero-order valence-electron chi connectivity index (χ0n) is 26.0. The molecule has 1 heterocycles. The molecule has 3 nitrogen and oxygen atoms in total. The summed E-state index contributed by atoms with van der Waals surface area (Å²) in [5.41, 5.74) is 11.2. The molecule has 0 bridgehead atoms. The van der Waals surface area contributed by atoms with E-state index in [1.807, 2.05) is 0 Å². The molecule has 3 aromatic rings. The quantitative estimate of drug-likeness (QED) is 0.132. The summed E-state index contributed by atoms with van der Waals surface area (Å²) >= 11 is 0. The van der Waals surface area contributed by atoms with Gasteiger partial charge in [-0.2, -0.15) is 0 Å². The van der Waals surface area contributed by atoms with Gasteiger partial charge in [-0.3, -0.25) is 9.98 Å². The van der Waals surface area contributed by atoms with Crippen molar-refractivity contribution in [3.63, 3.8) is 0 Å². The van der Waals surface area contributed by atoms with Gasteiger partial charge in [0, 0.05) is 0 Å². The minimum Gasteiger partial charge on any atom is -0.251 e. The molecule has 0 amide bonds.